The molecule has 0 saturated carbocycles. The normalized spacial score (nSPS) is 14.1. The summed E-state index contributed by atoms with van der Waals surface area (Å²) >= 11 is 1.35. The van der Waals surface area contributed by atoms with Gasteiger partial charge in [0.25, 0.3) is 11.8 Å². The van der Waals surface area contributed by atoms with Crippen LogP contribution < -0.4 is 0 Å². The van der Waals surface area contributed by atoms with Crippen LogP contribution >= 0.6 is 11.3 Å². The monoisotopic (exact) mass is 498 g/mol. The molecule has 4 aromatic rings. The van der Waals surface area contributed by atoms with E-state index in [1.165, 1.54) is 34.4 Å². The number of aryl methyl sites for hydroxylation is 1. The molecule has 1 fully saturated rings. The molecule has 3 heterocycles. The predicted octanol–water partition coefficient (Wildman–Crippen LogP) is 4.47. The van der Waals surface area contributed by atoms with Crippen molar-refractivity contribution in [3.05, 3.63) is 87.7 Å². The molecular weight excluding hydrogens is 477 g/mol. The Labute approximate surface area is 203 Å². The summed E-state index contributed by atoms with van der Waals surface area (Å²) in [7, 11) is 0. The molecule has 0 aliphatic carbocycles. The second kappa shape index (κ2) is 9.18. The van der Waals surface area contributed by atoms with Crippen LogP contribution in [-0.4, -0.2) is 57.6 Å². The lowest BCUT2D eigenvalue weighted by atomic mass is 10.1. The summed E-state index contributed by atoms with van der Waals surface area (Å²) in [6.45, 7) is 3.61. The Balaban J connectivity index is 1.28. The number of fused-ring (bicyclic) bond motifs is 1. The molecule has 0 bridgehead atoms. The van der Waals surface area contributed by atoms with Gasteiger partial charge in [0.1, 0.15) is 10.6 Å². The van der Waals surface area contributed by atoms with E-state index in [4.69, 9.17) is 0 Å². The Kier molecular flexibility index (Phi) is 6.06. The van der Waals surface area contributed by atoms with E-state index in [2.05, 4.69) is 5.10 Å². The molecule has 0 radical (unpaired) electrons. The van der Waals surface area contributed by atoms with Crippen molar-refractivity contribution < 1.29 is 22.8 Å². The standard InChI is InChI=1S/C25H21F3N4O2S/c1-15-19-13-22(35-25(19)32(29-15)14-16-2-5-18(26)6-3-16)24(34)31-10-8-30(9-11-31)23(33)17-4-7-20(27)21(28)12-17/h2-7,12-13H,8-11,14H2,1H3. The highest BCUT2D eigenvalue weighted by molar-refractivity contribution is 7.20. The van der Waals surface area contributed by atoms with Gasteiger partial charge in [0, 0.05) is 37.1 Å². The van der Waals surface area contributed by atoms with Gasteiger partial charge in [-0.25, -0.2) is 13.2 Å². The first kappa shape index (κ1) is 23.1. The van der Waals surface area contributed by atoms with E-state index in [9.17, 15) is 22.8 Å². The number of aromatic nitrogens is 2. The van der Waals surface area contributed by atoms with Gasteiger partial charge < -0.3 is 9.80 Å². The van der Waals surface area contributed by atoms with Gasteiger partial charge in [-0.3, -0.25) is 14.3 Å². The maximum Gasteiger partial charge on any atom is 0.264 e. The molecule has 2 aromatic heterocycles. The molecular formula is C25H21F3N4O2S. The summed E-state index contributed by atoms with van der Waals surface area (Å²) in [6.07, 6.45) is 0. The minimum atomic E-state index is -1.07. The van der Waals surface area contributed by atoms with Crippen molar-refractivity contribution >= 4 is 33.4 Å². The van der Waals surface area contributed by atoms with Crippen molar-refractivity contribution in [3.8, 4) is 0 Å². The molecule has 1 aliphatic rings. The molecule has 0 N–H and O–H groups in total. The first-order chi connectivity index (χ1) is 16.8. The van der Waals surface area contributed by atoms with Crippen molar-refractivity contribution in [2.24, 2.45) is 0 Å². The Morgan fingerprint density at radius 1 is 0.886 bits per heavy atom. The highest BCUT2D eigenvalue weighted by atomic mass is 32.1. The summed E-state index contributed by atoms with van der Waals surface area (Å²) in [5.41, 5.74) is 1.78. The van der Waals surface area contributed by atoms with Gasteiger partial charge in [0.05, 0.1) is 17.1 Å². The summed E-state index contributed by atoms with van der Waals surface area (Å²) < 4.78 is 41.7. The zero-order valence-corrected chi connectivity index (χ0v) is 19.6. The van der Waals surface area contributed by atoms with Gasteiger partial charge in [-0.15, -0.1) is 11.3 Å². The van der Waals surface area contributed by atoms with E-state index in [0.717, 1.165) is 33.6 Å². The molecule has 0 atom stereocenters. The van der Waals surface area contributed by atoms with Crippen molar-refractivity contribution in [1.82, 2.24) is 19.6 Å². The molecule has 0 spiro atoms. The third-order valence-electron chi connectivity index (χ3n) is 6.08. The van der Waals surface area contributed by atoms with E-state index < -0.39 is 17.5 Å². The number of amides is 2. The molecule has 2 aromatic carbocycles. The Hall–Kier alpha value is -3.66. The van der Waals surface area contributed by atoms with Crippen LogP contribution in [0.25, 0.3) is 10.2 Å². The first-order valence-electron chi connectivity index (χ1n) is 11.0. The molecule has 0 unspecified atom stereocenters. The molecule has 5 rings (SSSR count). The number of carbonyl (C=O) groups is 2. The largest absolute Gasteiger partial charge is 0.335 e. The van der Waals surface area contributed by atoms with E-state index in [-0.39, 0.29) is 17.3 Å². The minimum absolute atomic E-state index is 0.0781. The SMILES string of the molecule is Cc1nn(Cc2ccc(F)cc2)c2sc(C(=O)N3CCN(C(=O)c4ccc(F)c(F)c4)CC3)cc12. The van der Waals surface area contributed by atoms with Gasteiger partial charge in [0.2, 0.25) is 0 Å². The van der Waals surface area contributed by atoms with Crippen LogP contribution in [0.5, 0.6) is 0 Å². The van der Waals surface area contributed by atoms with Crippen molar-refractivity contribution in [2.75, 3.05) is 26.2 Å². The van der Waals surface area contributed by atoms with Gasteiger partial charge in [-0.1, -0.05) is 12.1 Å². The summed E-state index contributed by atoms with van der Waals surface area (Å²) in [5.74, 6) is -2.89. The quantitative estimate of drug-likeness (QED) is 0.417. The second-order valence-corrected chi connectivity index (χ2v) is 9.44. The highest BCUT2D eigenvalue weighted by Crippen LogP contribution is 2.30. The minimum Gasteiger partial charge on any atom is -0.335 e. The fraction of sp³-hybridized carbons (Fsp3) is 0.240. The van der Waals surface area contributed by atoms with Crippen LogP contribution in [0.1, 0.15) is 31.3 Å². The van der Waals surface area contributed by atoms with Gasteiger partial charge in [-0.2, -0.15) is 5.10 Å². The van der Waals surface area contributed by atoms with Crippen LogP contribution in [0.3, 0.4) is 0 Å². The lowest BCUT2D eigenvalue weighted by Gasteiger charge is -2.34. The van der Waals surface area contributed by atoms with E-state index >= 15 is 0 Å². The zero-order chi connectivity index (χ0) is 24.7. The van der Waals surface area contributed by atoms with Gasteiger partial charge in [0.15, 0.2) is 11.6 Å². The molecule has 180 valence electrons. The number of nitrogens with zero attached hydrogens (tertiary/aromatic N) is 4. The lowest BCUT2D eigenvalue weighted by Crippen LogP contribution is -2.50. The van der Waals surface area contributed by atoms with E-state index in [0.29, 0.717) is 37.6 Å². The van der Waals surface area contributed by atoms with E-state index in [1.807, 2.05) is 17.7 Å². The average Bonchev–Trinajstić information content (AvgIpc) is 3.42. The number of piperazine rings is 1. The molecule has 35 heavy (non-hydrogen) atoms. The average molecular weight is 499 g/mol. The van der Waals surface area contributed by atoms with Crippen LogP contribution in [-0.2, 0) is 6.54 Å². The van der Waals surface area contributed by atoms with Crippen LogP contribution in [0, 0.1) is 24.4 Å². The third-order valence-corrected chi connectivity index (χ3v) is 7.22. The maximum absolute atomic E-state index is 13.5. The molecule has 1 saturated heterocycles. The summed E-state index contributed by atoms with van der Waals surface area (Å²) in [6, 6.07) is 11.1. The second-order valence-electron chi connectivity index (χ2n) is 8.41. The number of rotatable bonds is 4. The summed E-state index contributed by atoms with van der Waals surface area (Å²) in [5, 5.41) is 5.46. The zero-order valence-electron chi connectivity index (χ0n) is 18.8. The predicted molar refractivity (Wildman–Crippen MR) is 126 cm³/mol. The molecule has 1 aliphatic heterocycles. The smallest absolute Gasteiger partial charge is 0.264 e. The Morgan fingerprint density at radius 3 is 2.20 bits per heavy atom. The molecule has 6 nitrogen and oxygen atoms in total. The number of benzene rings is 2. The molecule has 2 amide bonds. The lowest BCUT2D eigenvalue weighted by molar-refractivity contribution is 0.0538. The number of hydrogen-bond acceptors (Lipinski definition) is 4. The van der Waals surface area contributed by atoms with Crippen molar-refractivity contribution in [1.29, 1.82) is 0 Å². The number of carbonyl (C=O) groups excluding carboxylic acids is 2. The number of hydrogen-bond donors (Lipinski definition) is 0. The highest BCUT2D eigenvalue weighted by Gasteiger charge is 2.27. The van der Waals surface area contributed by atoms with Crippen molar-refractivity contribution in [3.63, 3.8) is 0 Å². The fourth-order valence-corrected chi connectivity index (χ4v) is 5.30. The van der Waals surface area contributed by atoms with Crippen LogP contribution in [0.15, 0.2) is 48.5 Å². The summed E-state index contributed by atoms with van der Waals surface area (Å²) in [4.78, 5) is 30.5. The number of thiophene rings is 1. The first-order valence-corrected chi connectivity index (χ1v) is 11.9. The van der Waals surface area contributed by atoms with Crippen LogP contribution in [0.2, 0.25) is 0 Å². The molecule has 10 heteroatoms. The number of halogens is 3. The third kappa shape index (κ3) is 4.53. The Bertz CT molecular complexity index is 1420. The van der Waals surface area contributed by atoms with Crippen molar-refractivity contribution in [2.45, 2.75) is 13.5 Å². The van der Waals surface area contributed by atoms with Crippen LogP contribution in [0.4, 0.5) is 13.2 Å². The Morgan fingerprint density at radius 2 is 1.54 bits per heavy atom. The fourth-order valence-electron chi connectivity index (χ4n) is 4.17. The van der Waals surface area contributed by atoms with E-state index in [1.54, 1.807) is 17.0 Å². The topological polar surface area (TPSA) is 58.4 Å². The maximum atomic E-state index is 13.5. The van der Waals surface area contributed by atoms with Gasteiger partial charge in [-0.05, 0) is 48.9 Å². The van der Waals surface area contributed by atoms with Gasteiger partial charge >= 0.3 is 0 Å².